The molecule has 2 aromatic rings. The number of rotatable bonds is 8. The molecule has 1 atom stereocenters. The number of carbonyl (C=O) groups is 2. The number of imidazole rings is 1. The second-order valence-electron chi connectivity index (χ2n) is 5.35. The molecule has 0 aliphatic rings. The van der Waals surface area contributed by atoms with Crippen LogP contribution in [0.3, 0.4) is 0 Å². The Morgan fingerprint density at radius 3 is 2.67 bits per heavy atom. The van der Waals surface area contributed by atoms with Crippen molar-refractivity contribution >= 4 is 17.4 Å². The fourth-order valence-electron chi connectivity index (χ4n) is 2.07. The normalized spacial score (nSPS) is 11.8. The molecule has 24 heavy (non-hydrogen) atoms. The Hall–Kier alpha value is -2.73. The molecule has 126 valence electrons. The van der Waals surface area contributed by atoms with Gasteiger partial charge < -0.3 is 14.6 Å². The Balaban J connectivity index is 1.97. The van der Waals surface area contributed by atoms with Crippen molar-refractivity contribution in [3.8, 4) is 0 Å². The SMILES string of the molecule is C=CCCOC(C)C(=O)Nc1ccc(C(=O)c2nccn2C)cc1. The zero-order valence-electron chi connectivity index (χ0n) is 13.9. The van der Waals surface area contributed by atoms with Crippen LogP contribution < -0.4 is 5.32 Å². The first kappa shape index (κ1) is 17.6. The van der Waals surface area contributed by atoms with Crippen LogP contribution in [0.4, 0.5) is 5.69 Å². The lowest BCUT2D eigenvalue weighted by molar-refractivity contribution is -0.126. The van der Waals surface area contributed by atoms with E-state index in [2.05, 4.69) is 16.9 Å². The number of nitrogens with zero attached hydrogens (tertiary/aromatic N) is 2. The van der Waals surface area contributed by atoms with Gasteiger partial charge in [0.05, 0.1) is 6.61 Å². The minimum absolute atomic E-state index is 0.165. The molecule has 0 radical (unpaired) electrons. The number of carbonyl (C=O) groups excluding carboxylic acids is 2. The van der Waals surface area contributed by atoms with Crippen LogP contribution in [0, 0.1) is 0 Å². The molecule has 0 aliphatic heterocycles. The summed E-state index contributed by atoms with van der Waals surface area (Å²) >= 11 is 0. The highest BCUT2D eigenvalue weighted by molar-refractivity contribution is 6.07. The van der Waals surface area contributed by atoms with E-state index in [0.717, 1.165) is 0 Å². The average molecular weight is 327 g/mol. The maximum atomic E-state index is 12.3. The number of amides is 1. The molecule has 0 bridgehead atoms. The first-order valence-electron chi connectivity index (χ1n) is 7.68. The molecular formula is C18H21N3O3. The molecular weight excluding hydrogens is 306 g/mol. The highest BCUT2D eigenvalue weighted by Crippen LogP contribution is 2.13. The van der Waals surface area contributed by atoms with Crippen molar-refractivity contribution in [3.63, 3.8) is 0 Å². The van der Waals surface area contributed by atoms with E-state index in [1.807, 2.05) is 0 Å². The predicted molar refractivity (Wildman–Crippen MR) is 91.9 cm³/mol. The highest BCUT2D eigenvalue weighted by atomic mass is 16.5. The Morgan fingerprint density at radius 1 is 1.38 bits per heavy atom. The summed E-state index contributed by atoms with van der Waals surface area (Å²) in [4.78, 5) is 28.4. The zero-order chi connectivity index (χ0) is 17.5. The van der Waals surface area contributed by atoms with Crippen molar-refractivity contribution in [2.75, 3.05) is 11.9 Å². The van der Waals surface area contributed by atoms with Crippen molar-refractivity contribution in [1.29, 1.82) is 0 Å². The Morgan fingerprint density at radius 2 is 2.08 bits per heavy atom. The van der Waals surface area contributed by atoms with Gasteiger partial charge in [-0.15, -0.1) is 6.58 Å². The molecule has 1 heterocycles. The number of aromatic nitrogens is 2. The zero-order valence-corrected chi connectivity index (χ0v) is 13.9. The summed E-state index contributed by atoms with van der Waals surface area (Å²) < 4.78 is 7.06. The number of anilines is 1. The second kappa shape index (κ2) is 8.21. The molecule has 2 rings (SSSR count). The number of hydrogen-bond acceptors (Lipinski definition) is 4. The van der Waals surface area contributed by atoms with Gasteiger partial charge in [-0.05, 0) is 37.6 Å². The van der Waals surface area contributed by atoms with Crippen LogP contribution in [-0.2, 0) is 16.6 Å². The quantitative estimate of drug-likeness (QED) is 0.459. The van der Waals surface area contributed by atoms with E-state index in [1.165, 1.54) is 0 Å². The van der Waals surface area contributed by atoms with E-state index in [4.69, 9.17) is 4.74 Å². The summed E-state index contributed by atoms with van der Waals surface area (Å²) in [5.41, 5.74) is 1.12. The maximum Gasteiger partial charge on any atom is 0.253 e. The van der Waals surface area contributed by atoms with Gasteiger partial charge in [0.2, 0.25) is 5.78 Å². The lowest BCUT2D eigenvalue weighted by atomic mass is 10.1. The number of nitrogens with one attached hydrogen (secondary N) is 1. The molecule has 0 saturated carbocycles. The van der Waals surface area contributed by atoms with Gasteiger partial charge in [-0.25, -0.2) is 4.98 Å². The molecule has 1 aromatic heterocycles. The molecule has 0 saturated heterocycles. The number of aryl methyl sites for hydroxylation is 1. The van der Waals surface area contributed by atoms with E-state index in [1.54, 1.807) is 61.3 Å². The van der Waals surface area contributed by atoms with E-state index >= 15 is 0 Å². The standard InChI is InChI=1S/C18H21N3O3/c1-4-5-12-24-13(2)18(23)20-15-8-6-14(7-9-15)16(22)17-19-10-11-21(17)3/h4,6-11,13H,1,5,12H2,2-3H3,(H,20,23). The summed E-state index contributed by atoms with van der Waals surface area (Å²) in [5.74, 6) is -0.0280. The van der Waals surface area contributed by atoms with Crippen molar-refractivity contribution in [2.45, 2.75) is 19.4 Å². The smallest absolute Gasteiger partial charge is 0.253 e. The minimum Gasteiger partial charge on any atom is -0.368 e. The summed E-state index contributed by atoms with van der Waals surface area (Å²) in [6.45, 7) is 5.75. The lowest BCUT2D eigenvalue weighted by Crippen LogP contribution is -2.28. The molecule has 6 nitrogen and oxygen atoms in total. The number of ether oxygens (including phenoxy) is 1. The number of ketones is 1. The van der Waals surface area contributed by atoms with Gasteiger partial charge >= 0.3 is 0 Å². The van der Waals surface area contributed by atoms with E-state index < -0.39 is 6.10 Å². The predicted octanol–water partition coefficient (Wildman–Crippen LogP) is 2.57. The Bertz CT molecular complexity index is 719. The fraction of sp³-hybridized carbons (Fsp3) is 0.278. The van der Waals surface area contributed by atoms with Crippen molar-refractivity contribution in [1.82, 2.24) is 9.55 Å². The van der Waals surface area contributed by atoms with Crippen LogP contribution in [0.1, 0.15) is 29.5 Å². The fourth-order valence-corrected chi connectivity index (χ4v) is 2.07. The first-order chi connectivity index (χ1) is 11.5. The van der Waals surface area contributed by atoms with Crippen LogP contribution in [0.15, 0.2) is 49.3 Å². The average Bonchev–Trinajstić information content (AvgIpc) is 3.01. The van der Waals surface area contributed by atoms with E-state index in [-0.39, 0.29) is 11.7 Å². The summed E-state index contributed by atoms with van der Waals surface area (Å²) in [6, 6.07) is 6.70. The van der Waals surface area contributed by atoms with Crippen LogP contribution in [0.2, 0.25) is 0 Å². The van der Waals surface area contributed by atoms with Gasteiger partial charge in [0.1, 0.15) is 6.10 Å². The molecule has 0 fully saturated rings. The molecule has 1 N–H and O–H groups in total. The minimum atomic E-state index is -0.557. The van der Waals surface area contributed by atoms with Crippen molar-refractivity contribution in [3.05, 3.63) is 60.7 Å². The van der Waals surface area contributed by atoms with Crippen LogP contribution >= 0.6 is 0 Å². The van der Waals surface area contributed by atoms with Crippen molar-refractivity contribution in [2.24, 2.45) is 7.05 Å². The van der Waals surface area contributed by atoms with Gasteiger partial charge in [-0.3, -0.25) is 9.59 Å². The third-order valence-electron chi connectivity index (χ3n) is 3.50. The van der Waals surface area contributed by atoms with Gasteiger partial charge in [0.15, 0.2) is 5.82 Å². The summed E-state index contributed by atoms with van der Waals surface area (Å²) in [6.07, 6.45) is 5.17. The number of benzene rings is 1. The van der Waals surface area contributed by atoms with Crippen LogP contribution in [0.25, 0.3) is 0 Å². The third kappa shape index (κ3) is 4.39. The lowest BCUT2D eigenvalue weighted by Gasteiger charge is -2.13. The summed E-state index contributed by atoms with van der Waals surface area (Å²) in [7, 11) is 1.77. The van der Waals surface area contributed by atoms with Crippen LogP contribution in [0.5, 0.6) is 0 Å². The van der Waals surface area contributed by atoms with Crippen LogP contribution in [-0.4, -0.2) is 34.0 Å². The molecule has 0 spiro atoms. The van der Waals surface area contributed by atoms with Gasteiger partial charge in [0, 0.05) is 30.7 Å². The molecule has 1 unspecified atom stereocenters. The third-order valence-corrected chi connectivity index (χ3v) is 3.50. The molecule has 0 aliphatic carbocycles. The van der Waals surface area contributed by atoms with E-state index in [9.17, 15) is 9.59 Å². The Labute approximate surface area is 141 Å². The highest BCUT2D eigenvalue weighted by Gasteiger charge is 2.15. The van der Waals surface area contributed by atoms with E-state index in [0.29, 0.717) is 30.1 Å². The number of hydrogen-bond donors (Lipinski definition) is 1. The van der Waals surface area contributed by atoms with Gasteiger partial charge in [-0.2, -0.15) is 0 Å². The second-order valence-corrected chi connectivity index (χ2v) is 5.35. The monoisotopic (exact) mass is 327 g/mol. The largest absolute Gasteiger partial charge is 0.368 e. The van der Waals surface area contributed by atoms with Gasteiger partial charge in [-0.1, -0.05) is 6.08 Å². The Kier molecular flexibility index (Phi) is 6.03. The van der Waals surface area contributed by atoms with Gasteiger partial charge in [0.25, 0.3) is 5.91 Å². The molecule has 6 heteroatoms. The first-order valence-corrected chi connectivity index (χ1v) is 7.68. The molecule has 1 amide bonds. The summed E-state index contributed by atoms with van der Waals surface area (Å²) in [5, 5.41) is 2.76. The molecule has 1 aromatic carbocycles. The topological polar surface area (TPSA) is 73.2 Å². The van der Waals surface area contributed by atoms with Crippen molar-refractivity contribution < 1.29 is 14.3 Å². The maximum absolute atomic E-state index is 12.3.